The van der Waals surface area contributed by atoms with Gasteiger partial charge in [-0.25, -0.2) is 14.4 Å². The minimum atomic E-state index is -0.395. The number of hydrogen-bond acceptors (Lipinski definition) is 5. The molecule has 2 rings (SSSR count). The second-order valence-corrected chi connectivity index (χ2v) is 4.53. The highest BCUT2D eigenvalue weighted by Crippen LogP contribution is 2.24. The van der Waals surface area contributed by atoms with Gasteiger partial charge in [0.05, 0.1) is 7.11 Å². The molecule has 2 aromatic rings. The summed E-state index contributed by atoms with van der Waals surface area (Å²) in [5.74, 6) is 1.96. The standard InChI is InChI=1S/C15H19FN4O/c1-4-5-13-19-14(17-2)9-15(20-13)18-10-6-7-11(16)12(8-10)21-3/h6-9H,4-5H2,1-3H3,(H2,17,18,19,20). The number of anilines is 3. The maximum absolute atomic E-state index is 13.4. The van der Waals surface area contributed by atoms with E-state index in [0.29, 0.717) is 11.5 Å². The molecule has 0 saturated heterocycles. The van der Waals surface area contributed by atoms with Gasteiger partial charge in [-0.05, 0) is 18.6 Å². The summed E-state index contributed by atoms with van der Waals surface area (Å²) in [6, 6.07) is 6.39. The van der Waals surface area contributed by atoms with Gasteiger partial charge in [0.15, 0.2) is 11.6 Å². The van der Waals surface area contributed by atoms with Crippen molar-refractivity contribution in [1.82, 2.24) is 9.97 Å². The number of methoxy groups -OCH3 is 1. The van der Waals surface area contributed by atoms with Crippen LogP contribution in [-0.4, -0.2) is 24.1 Å². The Hall–Kier alpha value is -2.37. The number of rotatable bonds is 6. The van der Waals surface area contributed by atoms with E-state index in [1.54, 1.807) is 18.2 Å². The lowest BCUT2D eigenvalue weighted by molar-refractivity contribution is 0.387. The first-order valence-corrected chi connectivity index (χ1v) is 6.82. The van der Waals surface area contributed by atoms with Crippen molar-refractivity contribution in [1.29, 1.82) is 0 Å². The van der Waals surface area contributed by atoms with Crippen molar-refractivity contribution in [2.45, 2.75) is 19.8 Å². The smallest absolute Gasteiger partial charge is 0.165 e. The normalized spacial score (nSPS) is 10.3. The lowest BCUT2D eigenvalue weighted by Crippen LogP contribution is -2.04. The minimum Gasteiger partial charge on any atom is -0.494 e. The first-order valence-electron chi connectivity index (χ1n) is 6.82. The summed E-state index contributed by atoms with van der Waals surface area (Å²) in [6.45, 7) is 2.08. The van der Waals surface area contributed by atoms with Crippen LogP contribution in [0.25, 0.3) is 0 Å². The van der Waals surface area contributed by atoms with Crippen molar-refractivity contribution in [2.24, 2.45) is 0 Å². The maximum Gasteiger partial charge on any atom is 0.165 e. The van der Waals surface area contributed by atoms with E-state index in [-0.39, 0.29) is 5.75 Å². The fourth-order valence-corrected chi connectivity index (χ4v) is 1.91. The fraction of sp³-hybridized carbons (Fsp3) is 0.333. The molecule has 0 atom stereocenters. The van der Waals surface area contributed by atoms with E-state index < -0.39 is 5.82 Å². The molecule has 0 aliphatic carbocycles. The summed E-state index contributed by atoms with van der Waals surface area (Å²) in [5.41, 5.74) is 0.705. The van der Waals surface area contributed by atoms with E-state index >= 15 is 0 Å². The number of nitrogens with one attached hydrogen (secondary N) is 2. The molecule has 0 aliphatic heterocycles. The summed E-state index contributed by atoms with van der Waals surface area (Å²) in [7, 11) is 3.24. The number of halogens is 1. The van der Waals surface area contributed by atoms with Crippen LogP contribution in [-0.2, 0) is 6.42 Å². The third kappa shape index (κ3) is 3.81. The summed E-state index contributed by atoms with van der Waals surface area (Å²) in [6.07, 6.45) is 1.77. The van der Waals surface area contributed by atoms with Gasteiger partial charge in [0.2, 0.25) is 0 Å². The third-order valence-corrected chi connectivity index (χ3v) is 2.93. The van der Waals surface area contributed by atoms with E-state index in [2.05, 4.69) is 27.5 Å². The van der Waals surface area contributed by atoms with Gasteiger partial charge in [-0.3, -0.25) is 0 Å². The van der Waals surface area contributed by atoms with Gasteiger partial charge in [0, 0.05) is 31.3 Å². The highest BCUT2D eigenvalue weighted by molar-refractivity contribution is 5.60. The summed E-state index contributed by atoms with van der Waals surface area (Å²) >= 11 is 0. The molecule has 1 heterocycles. The van der Waals surface area contributed by atoms with Crippen LogP contribution in [0.15, 0.2) is 24.3 Å². The third-order valence-electron chi connectivity index (χ3n) is 2.93. The Kier molecular flexibility index (Phi) is 4.92. The SMILES string of the molecule is CCCc1nc(NC)cc(Nc2ccc(F)c(OC)c2)n1. The van der Waals surface area contributed by atoms with Crippen LogP contribution < -0.4 is 15.4 Å². The molecular weight excluding hydrogens is 271 g/mol. The first kappa shape index (κ1) is 15.0. The quantitative estimate of drug-likeness (QED) is 0.854. The number of benzene rings is 1. The maximum atomic E-state index is 13.4. The van der Waals surface area contributed by atoms with Crippen molar-refractivity contribution < 1.29 is 9.13 Å². The van der Waals surface area contributed by atoms with E-state index in [1.165, 1.54) is 13.2 Å². The van der Waals surface area contributed by atoms with Crippen molar-refractivity contribution in [3.05, 3.63) is 35.9 Å². The molecule has 2 N–H and O–H groups in total. The topological polar surface area (TPSA) is 59.1 Å². The second kappa shape index (κ2) is 6.88. The van der Waals surface area contributed by atoms with Gasteiger partial charge in [-0.15, -0.1) is 0 Å². The van der Waals surface area contributed by atoms with Gasteiger partial charge in [0.25, 0.3) is 0 Å². The molecule has 5 nitrogen and oxygen atoms in total. The Morgan fingerprint density at radius 3 is 2.62 bits per heavy atom. The van der Waals surface area contributed by atoms with Crippen molar-refractivity contribution in [2.75, 3.05) is 24.8 Å². The Bertz CT molecular complexity index is 619. The van der Waals surface area contributed by atoms with Crippen molar-refractivity contribution in [3.8, 4) is 5.75 Å². The molecular formula is C15H19FN4O. The highest BCUT2D eigenvalue weighted by atomic mass is 19.1. The Labute approximate surface area is 123 Å². The van der Waals surface area contributed by atoms with E-state index in [4.69, 9.17) is 4.74 Å². The summed E-state index contributed by atoms with van der Waals surface area (Å²) in [4.78, 5) is 8.83. The molecule has 0 radical (unpaired) electrons. The molecule has 0 fully saturated rings. The molecule has 0 spiro atoms. The predicted molar refractivity (Wildman–Crippen MR) is 81.8 cm³/mol. The zero-order chi connectivity index (χ0) is 15.2. The van der Waals surface area contributed by atoms with Gasteiger partial charge in [0.1, 0.15) is 17.5 Å². The number of ether oxygens (including phenoxy) is 1. The Balaban J connectivity index is 2.27. The van der Waals surface area contributed by atoms with Gasteiger partial charge in [-0.1, -0.05) is 6.92 Å². The molecule has 1 aromatic carbocycles. The molecule has 112 valence electrons. The Morgan fingerprint density at radius 2 is 1.95 bits per heavy atom. The number of nitrogens with zero attached hydrogens (tertiary/aromatic N) is 2. The first-order chi connectivity index (χ1) is 10.2. The summed E-state index contributed by atoms with van der Waals surface area (Å²) < 4.78 is 18.4. The minimum absolute atomic E-state index is 0.191. The molecule has 21 heavy (non-hydrogen) atoms. The highest BCUT2D eigenvalue weighted by Gasteiger charge is 2.07. The molecule has 0 amide bonds. The van der Waals surface area contributed by atoms with Crippen molar-refractivity contribution >= 4 is 17.3 Å². The van der Waals surface area contributed by atoms with E-state index in [1.807, 2.05) is 7.05 Å². The zero-order valence-electron chi connectivity index (χ0n) is 12.4. The van der Waals surface area contributed by atoms with E-state index in [0.717, 1.165) is 24.5 Å². The van der Waals surface area contributed by atoms with Crippen molar-refractivity contribution in [3.63, 3.8) is 0 Å². The van der Waals surface area contributed by atoms with E-state index in [9.17, 15) is 4.39 Å². The average molecular weight is 290 g/mol. The van der Waals surface area contributed by atoms with Gasteiger partial charge < -0.3 is 15.4 Å². The van der Waals surface area contributed by atoms with Crippen LogP contribution in [0.2, 0.25) is 0 Å². The lowest BCUT2D eigenvalue weighted by Gasteiger charge is -2.11. The largest absolute Gasteiger partial charge is 0.494 e. The van der Waals surface area contributed by atoms with Gasteiger partial charge >= 0.3 is 0 Å². The zero-order valence-corrected chi connectivity index (χ0v) is 12.4. The van der Waals surface area contributed by atoms with Crippen LogP contribution in [0, 0.1) is 5.82 Å². The molecule has 1 aromatic heterocycles. The second-order valence-electron chi connectivity index (χ2n) is 4.53. The fourth-order valence-electron chi connectivity index (χ4n) is 1.91. The lowest BCUT2D eigenvalue weighted by atomic mass is 10.3. The van der Waals surface area contributed by atoms with Gasteiger partial charge in [-0.2, -0.15) is 0 Å². The predicted octanol–water partition coefficient (Wildman–Crippen LogP) is 3.36. The molecule has 0 saturated carbocycles. The number of aromatic nitrogens is 2. The molecule has 0 unspecified atom stereocenters. The monoisotopic (exact) mass is 290 g/mol. The van der Waals surface area contributed by atoms with Crippen LogP contribution in [0.4, 0.5) is 21.7 Å². The molecule has 0 bridgehead atoms. The number of aryl methyl sites for hydroxylation is 1. The molecule has 6 heteroatoms. The summed E-state index contributed by atoms with van der Waals surface area (Å²) in [5, 5.41) is 6.15. The van der Waals surface area contributed by atoms with Crippen LogP contribution in [0.5, 0.6) is 5.75 Å². The Morgan fingerprint density at radius 1 is 1.19 bits per heavy atom. The van der Waals surface area contributed by atoms with Crippen LogP contribution >= 0.6 is 0 Å². The molecule has 0 aliphatic rings. The average Bonchev–Trinajstić information content (AvgIpc) is 2.49. The van der Waals surface area contributed by atoms with Crippen LogP contribution in [0.3, 0.4) is 0 Å². The number of hydrogen-bond donors (Lipinski definition) is 2. The van der Waals surface area contributed by atoms with Crippen LogP contribution in [0.1, 0.15) is 19.2 Å².